The number of rotatable bonds is 3. The minimum atomic E-state index is -0.623. The van der Waals surface area contributed by atoms with Gasteiger partial charge in [0.2, 0.25) is 0 Å². The van der Waals surface area contributed by atoms with Gasteiger partial charge < -0.3 is 21.6 Å². The van der Waals surface area contributed by atoms with Crippen LogP contribution in [0.5, 0.6) is 0 Å². The van der Waals surface area contributed by atoms with Gasteiger partial charge in [-0.1, -0.05) is 0 Å². The molecule has 88 valence electrons. The second-order valence-electron chi connectivity index (χ2n) is 2.84. The monoisotopic (exact) mass is 226 g/mol. The van der Waals surface area contributed by atoms with Crippen LogP contribution in [0.15, 0.2) is 6.07 Å². The molecular formula is C8H14N6O2. The molecule has 8 N–H and O–H groups in total. The van der Waals surface area contributed by atoms with Gasteiger partial charge in [0.1, 0.15) is 5.82 Å². The number of carbonyl (C=O) groups excluding carboxylic acids is 1. The molecule has 0 aromatic carbocycles. The number of hydrazine groups is 1. The third-order valence-corrected chi connectivity index (χ3v) is 1.75. The van der Waals surface area contributed by atoms with Gasteiger partial charge in [-0.25, -0.2) is 9.78 Å². The number of nitrogens with zero attached hydrogens (tertiary/aromatic N) is 1. The number of ether oxygens (including phenoxy) is 1. The fourth-order valence-corrected chi connectivity index (χ4v) is 1.03. The largest absolute Gasteiger partial charge is 0.450 e. The van der Waals surface area contributed by atoms with Crippen LogP contribution in [-0.4, -0.2) is 17.7 Å². The maximum atomic E-state index is 11.1. The number of amides is 1. The number of carbonyl (C=O) groups is 1. The molecular weight excluding hydrogens is 212 g/mol. The SMILES string of the molecule is CCOC(=O)Nc1cc(NN)c(N)c(N)n1. The van der Waals surface area contributed by atoms with Crippen molar-refractivity contribution in [1.29, 1.82) is 0 Å². The van der Waals surface area contributed by atoms with Crippen LogP contribution in [0.4, 0.5) is 27.8 Å². The van der Waals surface area contributed by atoms with E-state index in [4.69, 9.17) is 17.3 Å². The summed E-state index contributed by atoms with van der Waals surface area (Å²) >= 11 is 0. The lowest BCUT2D eigenvalue weighted by atomic mass is 10.3. The first kappa shape index (κ1) is 11.9. The third-order valence-electron chi connectivity index (χ3n) is 1.75. The molecule has 1 aromatic rings. The van der Waals surface area contributed by atoms with Crippen LogP contribution in [0.3, 0.4) is 0 Å². The smallest absolute Gasteiger partial charge is 0.412 e. The molecule has 0 bridgehead atoms. The summed E-state index contributed by atoms with van der Waals surface area (Å²) in [5.41, 5.74) is 14.0. The summed E-state index contributed by atoms with van der Waals surface area (Å²) in [7, 11) is 0. The van der Waals surface area contributed by atoms with Crippen molar-refractivity contribution >= 4 is 29.1 Å². The van der Waals surface area contributed by atoms with E-state index in [0.717, 1.165) is 0 Å². The average Bonchev–Trinajstić information content (AvgIpc) is 2.23. The number of nitrogens with two attached hydrogens (primary N) is 3. The van der Waals surface area contributed by atoms with Gasteiger partial charge in [-0.05, 0) is 6.92 Å². The highest BCUT2D eigenvalue weighted by Crippen LogP contribution is 2.25. The molecule has 0 radical (unpaired) electrons. The highest BCUT2D eigenvalue weighted by molar-refractivity contribution is 5.87. The van der Waals surface area contributed by atoms with Gasteiger partial charge in [-0.15, -0.1) is 0 Å². The minimum absolute atomic E-state index is 0.0715. The molecule has 1 rings (SSSR count). The molecule has 0 spiro atoms. The third kappa shape index (κ3) is 2.64. The summed E-state index contributed by atoms with van der Waals surface area (Å²) in [5.74, 6) is 5.50. The van der Waals surface area contributed by atoms with Crippen LogP contribution in [0.25, 0.3) is 0 Å². The molecule has 16 heavy (non-hydrogen) atoms. The summed E-state index contributed by atoms with van der Waals surface area (Å²) < 4.78 is 4.68. The molecule has 1 heterocycles. The highest BCUT2D eigenvalue weighted by Gasteiger charge is 2.09. The molecule has 1 aromatic heterocycles. The normalized spacial score (nSPS) is 9.62. The molecule has 0 saturated carbocycles. The van der Waals surface area contributed by atoms with Crippen molar-refractivity contribution in [2.75, 3.05) is 28.8 Å². The van der Waals surface area contributed by atoms with E-state index in [1.54, 1.807) is 6.92 Å². The molecule has 0 unspecified atom stereocenters. The van der Waals surface area contributed by atoms with Crippen molar-refractivity contribution in [2.45, 2.75) is 6.92 Å². The van der Waals surface area contributed by atoms with Crippen LogP contribution in [0.1, 0.15) is 6.92 Å². The number of hydrogen-bond donors (Lipinski definition) is 5. The molecule has 8 nitrogen and oxygen atoms in total. The zero-order valence-electron chi connectivity index (χ0n) is 8.78. The molecule has 0 aliphatic rings. The van der Waals surface area contributed by atoms with Crippen LogP contribution < -0.4 is 28.1 Å². The van der Waals surface area contributed by atoms with E-state index in [2.05, 4.69) is 20.5 Å². The van der Waals surface area contributed by atoms with Crippen LogP contribution in [-0.2, 0) is 4.74 Å². The summed E-state index contributed by atoms with van der Waals surface area (Å²) in [6.07, 6.45) is -0.623. The van der Waals surface area contributed by atoms with Crippen LogP contribution in [0, 0.1) is 0 Å². The topological polar surface area (TPSA) is 141 Å². The zero-order valence-corrected chi connectivity index (χ0v) is 8.78. The first-order valence-corrected chi connectivity index (χ1v) is 4.54. The van der Waals surface area contributed by atoms with Gasteiger partial charge in [-0.2, -0.15) is 0 Å². The Hall–Kier alpha value is -2.22. The van der Waals surface area contributed by atoms with Gasteiger partial charge in [0.15, 0.2) is 5.82 Å². The first-order valence-electron chi connectivity index (χ1n) is 4.54. The standard InChI is InChI=1S/C8H14N6O2/c1-2-16-8(15)13-5-3-4(14-11)6(9)7(10)12-5/h3H,2,9,11H2,1H3,(H4,10,12,13,14,15). The average molecular weight is 226 g/mol. The van der Waals surface area contributed by atoms with Gasteiger partial charge in [-0.3, -0.25) is 11.2 Å². The van der Waals surface area contributed by atoms with Crippen molar-refractivity contribution < 1.29 is 9.53 Å². The Morgan fingerprint density at radius 2 is 2.25 bits per heavy atom. The highest BCUT2D eigenvalue weighted by atomic mass is 16.5. The lowest BCUT2D eigenvalue weighted by Gasteiger charge is -2.10. The van der Waals surface area contributed by atoms with Gasteiger partial charge in [0.05, 0.1) is 18.0 Å². The zero-order chi connectivity index (χ0) is 12.1. The van der Waals surface area contributed by atoms with Gasteiger partial charge >= 0.3 is 6.09 Å². The Labute approximate surface area is 92.1 Å². The quantitative estimate of drug-likeness (QED) is 0.363. The Morgan fingerprint density at radius 3 is 2.81 bits per heavy atom. The van der Waals surface area contributed by atoms with E-state index < -0.39 is 6.09 Å². The number of hydrogen-bond acceptors (Lipinski definition) is 7. The fourth-order valence-electron chi connectivity index (χ4n) is 1.03. The maximum Gasteiger partial charge on any atom is 0.412 e. The van der Waals surface area contributed by atoms with Gasteiger partial charge in [0, 0.05) is 6.07 Å². The van der Waals surface area contributed by atoms with E-state index in [1.165, 1.54) is 6.07 Å². The molecule has 0 aliphatic heterocycles. The summed E-state index contributed by atoms with van der Waals surface area (Å²) in [6, 6.07) is 1.45. The molecule has 8 heteroatoms. The fraction of sp³-hybridized carbons (Fsp3) is 0.250. The molecule has 0 fully saturated rings. The predicted molar refractivity (Wildman–Crippen MR) is 61.5 cm³/mol. The van der Waals surface area contributed by atoms with Crippen LogP contribution >= 0.6 is 0 Å². The second kappa shape index (κ2) is 5.03. The number of anilines is 4. The van der Waals surface area contributed by atoms with E-state index in [9.17, 15) is 4.79 Å². The van der Waals surface area contributed by atoms with E-state index in [1.807, 2.05) is 0 Å². The lowest BCUT2D eigenvalue weighted by molar-refractivity contribution is 0.168. The van der Waals surface area contributed by atoms with Crippen molar-refractivity contribution in [2.24, 2.45) is 5.84 Å². The Morgan fingerprint density at radius 1 is 1.56 bits per heavy atom. The van der Waals surface area contributed by atoms with Crippen molar-refractivity contribution in [3.8, 4) is 0 Å². The van der Waals surface area contributed by atoms with Crippen molar-refractivity contribution in [1.82, 2.24) is 4.98 Å². The number of nitrogens with one attached hydrogen (secondary N) is 2. The van der Waals surface area contributed by atoms with E-state index >= 15 is 0 Å². The Balaban J connectivity index is 2.89. The predicted octanol–water partition coefficient (Wildman–Crippen LogP) is 0.1000. The second-order valence-corrected chi connectivity index (χ2v) is 2.84. The van der Waals surface area contributed by atoms with Crippen LogP contribution in [0.2, 0.25) is 0 Å². The summed E-state index contributed by atoms with van der Waals surface area (Å²) in [4.78, 5) is 15.0. The number of nitrogen functional groups attached to an aromatic ring is 3. The maximum absolute atomic E-state index is 11.1. The summed E-state index contributed by atoms with van der Waals surface area (Å²) in [6.45, 7) is 1.95. The van der Waals surface area contributed by atoms with E-state index in [0.29, 0.717) is 5.69 Å². The van der Waals surface area contributed by atoms with Gasteiger partial charge in [0.25, 0.3) is 0 Å². The van der Waals surface area contributed by atoms with E-state index in [-0.39, 0.29) is 23.9 Å². The summed E-state index contributed by atoms with van der Waals surface area (Å²) in [5, 5.41) is 2.38. The number of aromatic nitrogens is 1. The Kier molecular flexibility index (Phi) is 3.72. The van der Waals surface area contributed by atoms with Crippen molar-refractivity contribution in [3.63, 3.8) is 0 Å². The minimum Gasteiger partial charge on any atom is -0.450 e. The molecule has 0 aliphatic carbocycles. The van der Waals surface area contributed by atoms with Crippen molar-refractivity contribution in [3.05, 3.63) is 6.07 Å². The first-order chi connectivity index (χ1) is 7.58. The Bertz CT molecular complexity index is 394. The lowest BCUT2D eigenvalue weighted by Crippen LogP contribution is -2.17. The molecule has 1 amide bonds. The molecule has 0 saturated heterocycles. The number of pyridine rings is 1. The molecule has 0 atom stereocenters.